The number of carbonyl (C=O) groups excluding carboxylic acids is 1. The number of nitrogens with one attached hydrogen (secondary N) is 2. The van der Waals surface area contributed by atoms with Gasteiger partial charge in [0.1, 0.15) is 0 Å². The fraction of sp³-hybridized carbons (Fsp3) is 0.923. The van der Waals surface area contributed by atoms with Gasteiger partial charge in [-0.05, 0) is 45.7 Å². The lowest BCUT2D eigenvalue weighted by Gasteiger charge is -2.36. The zero-order chi connectivity index (χ0) is 12.4. The average molecular weight is 239 g/mol. The van der Waals surface area contributed by atoms with E-state index in [9.17, 15) is 4.79 Å². The van der Waals surface area contributed by atoms with Crippen LogP contribution in [0.25, 0.3) is 0 Å². The molecule has 0 bridgehead atoms. The second-order valence-electron chi connectivity index (χ2n) is 5.81. The fourth-order valence-electron chi connectivity index (χ4n) is 2.55. The van der Waals surface area contributed by atoms with Gasteiger partial charge >= 0.3 is 0 Å². The first kappa shape index (κ1) is 12.8. The molecule has 3 atom stereocenters. The summed E-state index contributed by atoms with van der Waals surface area (Å²) < 4.78 is 0. The molecular formula is C13H25N3O. The summed E-state index contributed by atoms with van der Waals surface area (Å²) in [5.41, 5.74) is 0. The van der Waals surface area contributed by atoms with Crippen molar-refractivity contribution in [2.24, 2.45) is 5.92 Å². The van der Waals surface area contributed by atoms with Crippen LogP contribution in [-0.2, 0) is 4.79 Å². The Labute approximate surface area is 104 Å². The van der Waals surface area contributed by atoms with Gasteiger partial charge in [-0.3, -0.25) is 4.79 Å². The Hall–Kier alpha value is -0.610. The Kier molecular flexibility index (Phi) is 4.05. The summed E-state index contributed by atoms with van der Waals surface area (Å²) in [4.78, 5) is 14.2. The maximum Gasteiger partial charge on any atom is 0.237 e. The number of likely N-dealkylation sites (tertiary alicyclic amines) is 1. The monoisotopic (exact) mass is 239 g/mol. The largest absolute Gasteiger partial charge is 0.352 e. The number of hydrogen-bond acceptors (Lipinski definition) is 3. The minimum Gasteiger partial charge on any atom is -0.352 e. The SMILES string of the molecule is CC(NC1CCN(C)CC1C)C(=O)NC1CC1. The lowest BCUT2D eigenvalue weighted by Crippen LogP contribution is -2.53. The molecule has 1 aliphatic heterocycles. The highest BCUT2D eigenvalue weighted by atomic mass is 16.2. The predicted molar refractivity (Wildman–Crippen MR) is 68.8 cm³/mol. The van der Waals surface area contributed by atoms with Crippen LogP contribution in [0, 0.1) is 5.92 Å². The molecule has 98 valence electrons. The number of piperidine rings is 1. The molecule has 2 aliphatic rings. The van der Waals surface area contributed by atoms with Crippen molar-refractivity contribution >= 4 is 5.91 Å². The third-order valence-corrected chi connectivity index (χ3v) is 3.89. The van der Waals surface area contributed by atoms with Crippen LogP contribution in [0.4, 0.5) is 0 Å². The zero-order valence-electron chi connectivity index (χ0n) is 11.2. The van der Waals surface area contributed by atoms with Crippen molar-refractivity contribution in [3.8, 4) is 0 Å². The van der Waals surface area contributed by atoms with Crippen LogP contribution in [-0.4, -0.2) is 49.1 Å². The van der Waals surface area contributed by atoms with Crippen LogP contribution in [0.3, 0.4) is 0 Å². The van der Waals surface area contributed by atoms with Gasteiger partial charge in [0.2, 0.25) is 5.91 Å². The van der Waals surface area contributed by atoms with E-state index in [1.165, 1.54) is 0 Å². The first-order valence-electron chi connectivity index (χ1n) is 6.81. The van der Waals surface area contributed by atoms with E-state index in [4.69, 9.17) is 0 Å². The lowest BCUT2D eigenvalue weighted by molar-refractivity contribution is -0.123. The number of rotatable bonds is 4. The van der Waals surface area contributed by atoms with E-state index in [-0.39, 0.29) is 11.9 Å². The second-order valence-corrected chi connectivity index (χ2v) is 5.81. The standard InChI is InChI=1S/C13H25N3O/c1-9-8-16(3)7-6-12(9)14-10(2)13(17)15-11-4-5-11/h9-12,14H,4-8H2,1-3H3,(H,15,17). The quantitative estimate of drug-likeness (QED) is 0.754. The van der Waals surface area contributed by atoms with Crippen molar-refractivity contribution in [2.75, 3.05) is 20.1 Å². The normalized spacial score (nSPS) is 32.2. The van der Waals surface area contributed by atoms with Crippen LogP contribution >= 0.6 is 0 Å². The van der Waals surface area contributed by atoms with Gasteiger partial charge in [-0.2, -0.15) is 0 Å². The van der Waals surface area contributed by atoms with E-state index in [2.05, 4.69) is 29.5 Å². The summed E-state index contributed by atoms with van der Waals surface area (Å²) >= 11 is 0. The Morgan fingerprint density at radius 3 is 2.65 bits per heavy atom. The molecule has 2 fully saturated rings. The molecule has 0 aromatic heterocycles. The van der Waals surface area contributed by atoms with Crippen LogP contribution in [0.1, 0.15) is 33.1 Å². The van der Waals surface area contributed by atoms with Crippen molar-refractivity contribution in [1.82, 2.24) is 15.5 Å². The average Bonchev–Trinajstić information content (AvgIpc) is 3.06. The highest BCUT2D eigenvalue weighted by Crippen LogP contribution is 2.19. The first-order valence-corrected chi connectivity index (χ1v) is 6.81. The van der Waals surface area contributed by atoms with Gasteiger partial charge in [-0.1, -0.05) is 6.92 Å². The summed E-state index contributed by atoms with van der Waals surface area (Å²) in [5.74, 6) is 0.781. The highest BCUT2D eigenvalue weighted by Gasteiger charge is 2.29. The van der Waals surface area contributed by atoms with E-state index >= 15 is 0 Å². The molecule has 0 spiro atoms. The summed E-state index contributed by atoms with van der Waals surface area (Å²) in [5, 5.41) is 6.54. The van der Waals surface area contributed by atoms with Crippen LogP contribution in [0.5, 0.6) is 0 Å². The highest BCUT2D eigenvalue weighted by molar-refractivity contribution is 5.81. The fourth-order valence-corrected chi connectivity index (χ4v) is 2.55. The number of carbonyl (C=O) groups is 1. The Morgan fingerprint density at radius 2 is 2.06 bits per heavy atom. The molecule has 0 aromatic carbocycles. The Bertz CT molecular complexity index is 278. The van der Waals surface area contributed by atoms with Gasteiger partial charge in [-0.15, -0.1) is 0 Å². The third kappa shape index (κ3) is 3.68. The summed E-state index contributed by atoms with van der Waals surface area (Å²) in [6.07, 6.45) is 3.45. The van der Waals surface area contributed by atoms with Gasteiger partial charge in [0.25, 0.3) is 0 Å². The molecule has 4 nitrogen and oxygen atoms in total. The van der Waals surface area contributed by atoms with Gasteiger partial charge in [-0.25, -0.2) is 0 Å². The van der Waals surface area contributed by atoms with Gasteiger partial charge < -0.3 is 15.5 Å². The molecule has 1 saturated carbocycles. The smallest absolute Gasteiger partial charge is 0.237 e. The molecule has 0 aromatic rings. The molecule has 1 amide bonds. The topological polar surface area (TPSA) is 44.4 Å². The second kappa shape index (κ2) is 5.36. The third-order valence-electron chi connectivity index (χ3n) is 3.89. The molecule has 2 N–H and O–H groups in total. The number of amides is 1. The molecule has 3 unspecified atom stereocenters. The summed E-state index contributed by atoms with van der Waals surface area (Å²) in [7, 11) is 2.16. The van der Waals surface area contributed by atoms with E-state index in [1.54, 1.807) is 0 Å². The van der Waals surface area contributed by atoms with Gasteiger partial charge in [0.05, 0.1) is 6.04 Å². The Balaban J connectivity index is 1.76. The minimum absolute atomic E-state index is 0.0635. The van der Waals surface area contributed by atoms with Crippen molar-refractivity contribution in [3.05, 3.63) is 0 Å². The summed E-state index contributed by atoms with van der Waals surface area (Å²) in [6, 6.07) is 0.874. The van der Waals surface area contributed by atoms with Crippen LogP contribution in [0.2, 0.25) is 0 Å². The molecule has 1 heterocycles. The van der Waals surface area contributed by atoms with E-state index in [0.29, 0.717) is 18.0 Å². The molecule has 1 aliphatic carbocycles. The summed E-state index contributed by atoms with van der Waals surface area (Å²) in [6.45, 7) is 6.48. The Morgan fingerprint density at radius 1 is 1.35 bits per heavy atom. The molecule has 17 heavy (non-hydrogen) atoms. The van der Waals surface area contributed by atoms with Crippen molar-refractivity contribution in [3.63, 3.8) is 0 Å². The van der Waals surface area contributed by atoms with E-state index in [0.717, 1.165) is 32.4 Å². The minimum atomic E-state index is -0.0635. The zero-order valence-corrected chi connectivity index (χ0v) is 11.2. The molecule has 1 saturated heterocycles. The van der Waals surface area contributed by atoms with Crippen molar-refractivity contribution < 1.29 is 4.79 Å². The molecule has 0 radical (unpaired) electrons. The number of nitrogens with zero attached hydrogens (tertiary/aromatic N) is 1. The predicted octanol–water partition coefficient (Wildman–Crippen LogP) is 0.583. The van der Waals surface area contributed by atoms with Crippen LogP contribution in [0.15, 0.2) is 0 Å². The molecular weight excluding hydrogens is 214 g/mol. The maximum atomic E-state index is 11.9. The van der Waals surface area contributed by atoms with Crippen LogP contribution < -0.4 is 10.6 Å². The lowest BCUT2D eigenvalue weighted by atomic mass is 9.93. The molecule has 4 heteroatoms. The van der Waals surface area contributed by atoms with Gasteiger partial charge in [0, 0.05) is 18.6 Å². The van der Waals surface area contributed by atoms with Gasteiger partial charge in [0.15, 0.2) is 0 Å². The number of hydrogen-bond donors (Lipinski definition) is 2. The van der Waals surface area contributed by atoms with E-state index < -0.39 is 0 Å². The molecule has 2 rings (SSSR count). The van der Waals surface area contributed by atoms with E-state index in [1.807, 2.05) is 6.92 Å². The maximum absolute atomic E-state index is 11.9. The van der Waals surface area contributed by atoms with Crippen molar-refractivity contribution in [1.29, 1.82) is 0 Å². The van der Waals surface area contributed by atoms with Crippen molar-refractivity contribution in [2.45, 2.75) is 51.2 Å². The first-order chi connectivity index (χ1) is 8.06.